The monoisotopic (exact) mass is 349 g/mol. The molecule has 1 N–H and O–H groups in total. The van der Waals surface area contributed by atoms with Crippen LogP contribution in [0, 0.1) is 0 Å². The SMILES string of the molecule is O=C(Cc1ccc2nc[nH]c2c1)N1CCN(C(=O)c2ccccn2)CC1. The van der Waals surface area contributed by atoms with Gasteiger partial charge in [-0.05, 0) is 29.8 Å². The summed E-state index contributed by atoms with van der Waals surface area (Å²) in [5.41, 5.74) is 3.22. The van der Waals surface area contributed by atoms with Crippen LogP contribution in [0.15, 0.2) is 48.9 Å². The van der Waals surface area contributed by atoms with Crippen molar-refractivity contribution >= 4 is 22.8 Å². The number of carbonyl (C=O) groups excluding carboxylic acids is 2. The van der Waals surface area contributed by atoms with E-state index in [0.29, 0.717) is 38.3 Å². The number of aromatic nitrogens is 3. The zero-order chi connectivity index (χ0) is 17.9. The summed E-state index contributed by atoms with van der Waals surface area (Å²) in [6.07, 6.45) is 3.61. The summed E-state index contributed by atoms with van der Waals surface area (Å²) < 4.78 is 0. The number of rotatable bonds is 3. The Hall–Kier alpha value is -3.22. The van der Waals surface area contributed by atoms with Crippen molar-refractivity contribution in [3.8, 4) is 0 Å². The molecule has 0 radical (unpaired) electrons. The van der Waals surface area contributed by atoms with Crippen molar-refractivity contribution in [1.29, 1.82) is 0 Å². The highest BCUT2D eigenvalue weighted by molar-refractivity contribution is 5.92. The van der Waals surface area contributed by atoms with E-state index >= 15 is 0 Å². The van der Waals surface area contributed by atoms with Gasteiger partial charge in [0.15, 0.2) is 0 Å². The molecule has 1 aliphatic heterocycles. The topological polar surface area (TPSA) is 82.2 Å². The van der Waals surface area contributed by atoms with Crippen LogP contribution in [-0.4, -0.2) is 62.7 Å². The summed E-state index contributed by atoms with van der Waals surface area (Å²) in [5, 5.41) is 0. The van der Waals surface area contributed by atoms with E-state index in [2.05, 4.69) is 15.0 Å². The number of carbonyl (C=O) groups is 2. The van der Waals surface area contributed by atoms with Gasteiger partial charge in [0.05, 0.1) is 23.8 Å². The molecule has 3 aromatic rings. The van der Waals surface area contributed by atoms with E-state index < -0.39 is 0 Å². The lowest BCUT2D eigenvalue weighted by Gasteiger charge is -2.34. The summed E-state index contributed by atoms with van der Waals surface area (Å²) in [4.78, 5) is 39.9. The molecule has 26 heavy (non-hydrogen) atoms. The highest BCUT2D eigenvalue weighted by Crippen LogP contribution is 2.14. The van der Waals surface area contributed by atoms with E-state index in [1.54, 1.807) is 35.6 Å². The maximum atomic E-state index is 12.6. The molecule has 2 amide bonds. The molecular formula is C19H19N5O2. The van der Waals surface area contributed by atoms with Gasteiger partial charge in [0, 0.05) is 32.4 Å². The van der Waals surface area contributed by atoms with Gasteiger partial charge in [0.25, 0.3) is 5.91 Å². The largest absolute Gasteiger partial charge is 0.345 e. The number of benzene rings is 1. The van der Waals surface area contributed by atoms with Gasteiger partial charge in [-0.1, -0.05) is 12.1 Å². The quantitative estimate of drug-likeness (QED) is 0.777. The minimum Gasteiger partial charge on any atom is -0.345 e. The highest BCUT2D eigenvalue weighted by atomic mass is 16.2. The maximum absolute atomic E-state index is 12.6. The molecule has 7 heteroatoms. The minimum atomic E-state index is -0.0811. The normalized spacial score (nSPS) is 14.6. The zero-order valence-corrected chi connectivity index (χ0v) is 14.3. The number of H-pyrrole nitrogens is 1. The van der Waals surface area contributed by atoms with Crippen molar-refractivity contribution in [3.63, 3.8) is 0 Å². The van der Waals surface area contributed by atoms with Crippen molar-refractivity contribution in [1.82, 2.24) is 24.8 Å². The first-order valence-electron chi connectivity index (χ1n) is 8.61. The van der Waals surface area contributed by atoms with Crippen LogP contribution in [0.5, 0.6) is 0 Å². The molecule has 0 unspecified atom stereocenters. The molecule has 0 atom stereocenters. The number of nitrogens with zero attached hydrogens (tertiary/aromatic N) is 4. The predicted molar refractivity (Wildman–Crippen MR) is 96.5 cm³/mol. The molecule has 3 heterocycles. The lowest BCUT2D eigenvalue weighted by atomic mass is 10.1. The average Bonchev–Trinajstić information content (AvgIpc) is 3.16. The lowest BCUT2D eigenvalue weighted by Crippen LogP contribution is -2.51. The molecule has 1 saturated heterocycles. The van der Waals surface area contributed by atoms with Gasteiger partial charge in [-0.15, -0.1) is 0 Å². The zero-order valence-electron chi connectivity index (χ0n) is 14.3. The van der Waals surface area contributed by atoms with Crippen LogP contribution in [0.1, 0.15) is 16.1 Å². The second kappa shape index (κ2) is 6.95. The van der Waals surface area contributed by atoms with E-state index in [4.69, 9.17) is 0 Å². The van der Waals surface area contributed by atoms with Crippen LogP contribution in [0.4, 0.5) is 0 Å². The molecule has 1 aromatic carbocycles. The van der Waals surface area contributed by atoms with Crippen LogP contribution in [0.3, 0.4) is 0 Å². The number of aromatic amines is 1. The van der Waals surface area contributed by atoms with E-state index in [9.17, 15) is 9.59 Å². The molecule has 0 bridgehead atoms. The van der Waals surface area contributed by atoms with Crippen molar-refractivity contribution in [2.45, 2.75) is 6.42 Å². The van der Waals surface area contributed by atoms with Gasteiger partial charge >= 0.3 is 0 Å². The van der Waals surface area contributed by atoms with Gasteiger partial charge in [-0.2, -0.15) is 0 Å². The predicted octanol–water partition coefficient (Wildman–Crippen LogP) is 1.49. The molecule has 0 saturated carbocycles. The highest BCUT2D eigenvalue weighted by Gasteiger charge is 2.25. The molecule has 0 spiro atoms. The molecular weight excluding hydrogens is 330 g/mol. The number of pyridine rings is 1. The van der Waals surface area contributed by atoms with Gasteiger partial charge < -0.3 is 14.8 Å². The summed E-state index contributed by atoms with van der Waals surface area (Å²) >= 11 is 0. The molecule has 4 rings (SSSR count). The first-order chi connectivity index (χ1) is 12.7. The molecule has 1 aliphatic rings. The fourth-order valence-electron chi connectivity index (χ4n) is 3.19. The number of nitrogens with one attached hydrogen (secondary N) is 1. The van der Waals surface area contributed by atoms with Crippen LogP contribution < -0.4 is 0 Å². The number of fused-ring (bicyclic) bond motifs is 1. The Morgan fingerprint density at radius 1 is 1.00 bits per heavy atom. The van der Waals surface area contributed by atoms with Crippen LogP contribution in [0.25, 0.3) is 11.0 Å². The summed E-state index contributed by atoms with van der Waals surface area (Å²) in [6.45, 7) is 2.15. The Balaban J connectivity index is 1.35. The van der Waals surface area contributed by atoms with E-state index in [0.717, 1.165) is 16.6 Å². The van der Waals surface area contributed by atoms with Crippen molar-refractivity contribution in [2.24, 2.45) is 0 Å². The number of amides is 2. The van der Waals surface area contributed by atoms with Crippen molar-refractivity contribution in [2.75, 3.05) is 26.2 Å². The maximum Gasteiger partial charge on any atom is 0.272 e. The first kappa shape index (κ1) is 16.3. The minimum absolute atomic E-state index is 0.0776. The molecule has 1 fully saturated rings. The summed E-state index contributed by atoms with van der Waals surface area (Å²) in [5.74, 6) is -0.00352. The fraction of sp³-hybridized carbons (Fsp3) is 0.263. The van der Waals surface area contributed by atoms with Gasteiger partial charge in [0.1, 0.15) is 5.69 Å². The Labute approximate surface area is 150 Å². The molecule has 7 nitrogen and oxygen atoms in total. The Morgan fingerprint density at radius 2 is 1.81 bits per heavy atom. The number of piperazine rings is 1. The van der Waals surface area contributed by atoms with Crippen molar-refractivity contribution < 1.29 is 9.59 Å². The third-order valence-electron chi connectivity index (χ3n) is 4.64. The number of imidazole rings is 1. The van der Waals surface area contributed by atoms with Gasteiger partial charge in [-0.3, -0.25) is 14.6 Å². The third kappa shape index (κ3) is 3.28. The summed E-state index contributed by atoms with van der Waals surface area (Å²) in [6, 6.07) is 11.1. The smallest absolute Gasteiger partial charge is 0.272 e. The first-order valence-corrected chi connectivity index (χ1v) is 8.61. The average molecular weight is 349 g/mol. The Bertz CT molecular complexity index is 929. The molecule has 132 valence electrons. The number of hydrogen-bond donors (Lipinski definition) is 1. The molecule has 2 aromatic heterocycles. The second-order valence-electron chi connectivity index (χ2n) is 6.32. The standard InChI is InChI=1S/C19H19N5O2/c25-18(12-14-4-5-15-17(11-14)22-13-21-15)23-7-9-24(10-8-23)19(26)16-3-1-2-6-20-16/h1-6,11,13H,7-10,12H2,(H,21,22). The van der Waals surface area contributed by atoms with Gasteiger partial charge in [0.2, 0.25) is 5.91 Å². The second-order valence-corrected chi connectivity index (χ2v) is 6.32. The lowest BCUT2D eigenvalue weighted by molar-refractivity contribution is -0.131. The van der Waals surface area contributed by atoms with Crippen molar-refractivity contribution in [3.05, 3.63) is 60.2 Å². The Morgan fingerprint density at radius 3 is 2.58 bits per heavy atom. The van der Waals surface area contributed by atoms with E-state index in [-0.39, 0.29) is 11.8 Å². The third-order valence-corrected chi connectivity index (χ3v) is 4.64. The van der Waals surface area contributed by atoms with E-state index in [1.807, 2.05) is 23.1 Å². The van der Waals surface area contributed by atoms with Crippen LogP contribution in [-0.2, 0) is 11.2 Å². The van der Waals surface area contributed by atoms with Crippen LogP contribution >= 0.6 is 0 Å². The molecule has 0 aliphatic carbocycles. The van der Waals surface area contributed by atoms with E-state index in [1.165, 1.54) is 0 Å². The Kier molecular flexibility index (Phi) is 4.35. The number of hydrogen-bond acceptors (Lipinski definition) is 4. The summed E-state index contributed by atoms with van der Waals surface area (Å²) in [7, 11) is 0. The van der Waals surface area contributed by atoms with Gasteiger partial charge in [-0.25, -0.2) is 4.98 Å². The fourth-order valence-corrected chi connectivity index (χ4v) is 3.19. The van der Waals surface area contributed by atoms with Crippen LogP contribution in [0.2, 0.25) is 0 Å².